The number of carbonyl (C=O) groups excluding carboxylic acids is 1. The van der Waals surface area contributed by atoms with E-state index >= 15 is 0 Å². The molecule has 0 aliphatic carbocycles. The molecule has 1 spiro atoms. The first kappa shape index (κ1) is 19.8. The number of amides is 1. The van der Waals surface area contributed by atoms with Crippen LogP contribution in [0.25, 0.3) is 0 Å². The molecular formula is C19H24N6O3S. The van der Waals surface area contributed by atoms with Gasteiger partial charge in [-0.15, -0.1) is 0 Å². The van der Waals surface area contributed by atoms with E-state index in [9.17, 15) is 13.2 Å². The third-order valence-electron chi connectivity index (χ3n) is 5.78. The predicted molar refractivity (Wildman–Crippen MR) is 106 cm³/mol. The van der Waals surface area contributed by atoms with Crippen LogP contribution in [0.3, 0.4) is 0 Å². The molecule has 0 aromatic carbocycles. The second-order valence-corrected chi connectivity index (χ2v) is 9.92. The molecule has 1 fully saturated rings. The Labute approximate surface area is 170 Å². The maximum atomic E-state index is 13.1. The quantitative estimate of drug-likeness (QED) is 0.713. The van der Waals surface area contributed by atoms with Gasteiger partial charge in [0.15, 0.2) is 0 Å². The van der Waals surface area contributed by atoms with Crippen LogP contribution in [0.4, 0.5) is 0 Å². The first-order chi connectivity index (χ1) is 13.7. The SMILES string of the molecule is Cc1cnc(C(=O)N2Cc3cnc(C)nc3C3(CCN(S(C)(=O)=O)CC3)C2)cn1. The summed E-state index contributed by atoms with van der Waals surface area (Å²) in [7, 11) is -3.24. The van der Waals surface area contributed by atoms with Gasteiger partial charge in [-0.1, -0.05) is 0 Å². The largest absolute Gasteiger partial charge is 0.332 e. The van der Waals surface area contributed by atoms with Crippen molar-refractivity contribution in [3.05, 3.63) is 47.1 Å². The second kappa shape index (κ2) is 7.10. The van der Waals surface area contributed by atoms with Gasteiger partial charge in [-0.3, -0.25) is 9.78 Å². The summed E-state index contributed by atoms with van der Waals surface area (Å²) in [5.74, 6) is 0.492. The molecule has 0 radical (unpaired) electrons. The summed E-state index contributed by atoms with van der Waals surface area (Å²) in [4.78, 5) is 32.3. The number of hydrogen-bond donors (Lipinski definition) is 0. The zero-order valence-electron chi connectivity index (χ0n) is 16.8. The van der Waals surface area contributed by atoms with Gasteiger partial charge in [0, 0.05) is 49.6 Å². The van der Waals surface area contributed by atoms with Gasteiger partial charge in [0.05, 0.1) is 23.8 Å². The van der Waals surface area contributed by atoms with Gasteiger partial charge in [0.25, 0.3) is 5.91 Å². The lowest BCUT2D eigenvalue weighted by atomic mass is 9.72. The summed E-state index contributed by atoms with van der Waals surface area (Å²) in [6.45, 7) is 5.37. The second-order valence-electron chi connectivity index (χ2n) is 7.94. The Morgan fingerprint density at radius 1 is 1.07 bits per heavy atom. The highest BCUT2D eigenvalue weighted by atomic mass is 32.2. The first-order valence-corrected chi connectivity index (χ1v) is 11.4. The number of piperidine rings is 1. The van der Waals surface area contributed by atoms with Crippen molar-refractivity contribution < 1.29 is 13.2 Å². The molecule has 2 aliphatic rings. The Bertz CT molecular complexity index is 1050. The van der Waals surface area contributed by atoms with Crippen molar-refractivity contribution in [2.24, 2.45) is 0 Å². The maximum absolute atomic E-state index is 13.1. The maximum Gasteiger partial charge on any atom is 0.274 e. The number of sulfonamides is 1. The van der Waals surface area contributed by atoms with E-state index in [1.807, 2.05) is 13.8 Å². The van der Waals surface area contributed by atoms with Gasteiger partial charge in [-0.2, -0.15) is 0 Å². The van der Waals surface area contributed by atoms with E-state index in [0.717, 1.165) is 17.0 Å². The summed E-state index contributed by atoms with van der Waals surface area (Å²) in [6, 6.07) is 0. The molecule has 1 amide bonds. The van der Waals surface area contributed by atoms with E-state index in [-0.39, 0.29) is 5.91 Å². The lowest BCUT2D eigenvalue weighted by Gasteiger charge is -2.47. The fourth-order valence-corrected chi connectivity index (χ4v) is 5.07. The van der Waals surface area contributed by atoms with E-state index in [4.69, 9.17) is 4.98 Å². The molecule has 4 rings (SSSR count). The number of rotatable bonds is 2. The predicted octanol–water partition coefficient (Wildman–Crippen LogP) is 0.833. The molecule has 0 saturated carbocycles. The number of carbonyl (C=O) groups is 1. The van der Waals surface area contributed by atoms with Crippen molar-refractivity contribution in [1.82, 2.24) is 29.1 Å². The highest BCUT2D eigenvalue weighted by Gasteiger charge is 2.46. The van der Waals surface area contributed by atoms with Crippen LogP contribution in [0.15, 0.2) is 18.6 Å². The number of fused-ring (bicyclic) bond motifs is 2. The summed E-state index contributed by atoms with van der Waals surface area (Å²) in [5, 5.41) is 0. The van der Waals surface area contributed by atoms with Crippen LogP contribution >= 0.6 is 0 Å². The zero-order chi connectivity index (χ0) is 20.8. The molecule has 1 saturated heterocycles. The Hall–Kier alpha value is -2.46. The fraction of sp³-hybridized carbons (Fsp3) is 0.526. The molecule has 29 heavy (non-hydrogen) atoms. The van der Waals surface area contributed by atoms with E-state index in [2.05, 4.69) is 15.0 Å². The minimum atomic E-state index is -3.24. The molecular weight excluding hydrogens is 392 g/mol. The van der Waals surface area contributed by atoms with Gasteiger partial charge < -0.3 is 4.90 Å². The van der Waals surface area contributed by atoms with Gasteiger partial charge >= 0.3 is 0 Å². The van der Waals surface area contributed by atoms with Crippen LogP contribution in [0, 0.1) is 13.8 Å². The van der Waals surface area contributed by atoms with Crippen LogP contribution in [-0.4, -0.2) is 69.4 Å². The van der Waals surface area contributed by atoms with Crippen LogP contribution in [-0.2, 0) is 22.0 Å². The smallest absolute Gasteiger partial charge is 0.274 e. The minimum absolute atomic E-state index is 0.186. The van der Waals surface area contributed by atoms with Crippen LogP contribution in [0.5, 0.6) is 0 Å². The van der Waals surface area contributed by atoms with E-state index in [1.165, 1.54) is 16.8 Å². The van der Waals surface area contributed by atoms with Crippen LogP contribution < -0.4 is 0 Å². The minimum Gasteiger partial charge on any atom is -0.332 e. The van der Waals surface area contributed by atoms with E-state index in [1.54, 1.807) is 17.3 Å². The van der Waals surface area contributed by atoms with Gasteiger partial charge in [-0.25, -0.2) is 27.7 Å². The Morgan fingerprint density at radius 2 is 1.79 bits per heavy atom. The Morgan fingerprint density at radius 3 is 2.41 bits per heavy atom. The van der Waals surface area contributed by atoms with Gasteiger partial charge in [-0.05, 0) is 26.7 Å². The fourth-order valence-electron chi connectivity index (χ4n) is 4.22. The lowest BCUT2D eigenvalue weighted by Crippen LogP contribution is -2.54. The highest BCUT2D eigenvalue weighted by molar-refractivity contribution is 7.88. The Balaban J connectivity index is 1.68. The molecule has 4 heterocycles. The average molecular weight is 417 g/mol. The monoisotopic (exact) mass is 416 g/mol. The number of aromatic nitrogens is 4. The lowest BCUT2D eigenvalue weighted by molar-refractivity contribution is 0.0605. The molecule has 0 unspecified atom stereocenters. The molecule has 0 bridgehead atoms. The van der Waals surface area contributed by atoms with Crippen molar-refractivity contribution in [3.63, 3.8) is 0 Å². The summed E-state index contributed by atoms with van der Waals surface area (Å²) < 4.78 is 25.4. The zero-order valence-corrected chi connectivity index (χ0v) is 17.6. The Kier molecular flexibility index (Phi) is 4.86. The molecule has 0 atom stereocenters. The average Bonchev–Trinajstić information content (AvgIpc) is 2.68. The third-order valence-corrected chi connectivity index (χ3v) is 7.08. The summed E-state index contributed by atoms with van der Waals surface area (Å²) in [6.07, 6.45) is 7.30. The van der Waals surface area contributed by atoms with Gasteiger partial charge in [0.1, 0.15) is 11.5 Å². The number of hydrogen-bond acceptors (Lipinski definition) is 7. The number of nitrogens with zero attached hydrogens (tertiary/aromatic N) is 6. The standard InChI is InChI=1S/C19H24N6O3S/c1-13-8-22-16(10-20-13)18(26)24-11-15-9-21-14(2)23-17(15)19(12-24)4-6-25(7-5-19)29(3,27)28/h8-10H,4-7,11-12H2,1-3H3. The van der Waals surface area contributed by atoms with Crippen molar-refractivity contribution in [1.29, 1.82) is 0 Å². The molecule has 10 heteroatoms. The van der Waals surface area contributed by atoms with Crippen molar-refractivity contribution in [2.75, 3.05) is 25.9 Å². The molecule has 2 aromatic rings. The van der Waals surface area contributed by atoms with Crippen LogP contribution in [0.1, 0.15) is 46.1 Å². The van der Waals surface area contributed by atoms with Crippen molar-refractivity contribution >= 4 is 15.9 Å². The van der Waals surface area contributed by atoms with Crippen molar-refractivity contribution in [2.45, 2.75) is 38.6 Å². The highest BCUT2D eigenvalue weighted by Crippen LogP contribution is 2.41. The van der Waals surface area contributed by atoms with E-state index < -0.39 is 15.4 Å². The molecule has 154 valence electrons. The molecule has 0 N–H and O–H groups in total. The van der Waals surface area contributed by atoms with Crippen molar-refractivity contribution in [3.8, 4) is 0 Å². The normalized spacial score (nSPS) is 19.2. The van der Waals surface area contributed by atoms with Crippen LogP contribution in [0.2, 0.25) is 0 Å². The summed E-state index contributed by atoms with van der Waals surface area (Å²) in [5.41, 5.74) is 2.51. The van der Waals surface area contributed by atoms with E-state index in [0.29, 0.717) is 50.5 Å². The summed E-state index contributed by atoms with van der Waals surface area (Å²) >= 11 is 0. The number of aryl methyl sites for hydroxylation is 2. The topological polar surface area (TPSA) is 109 Å². The molecule has 2 aromatic heterocycles. The van der Waals surface area contributed by atoms with Gasteiger partial charge in [0.2, 0.25) is 10.0 Å². The third kappa shape index (κ3) is 3.74. The first-order valence-electron chi connectivity index (χ1n) is 9.54. The molecule has 9 nitrogen and oxygen atoms in total. The molecule has 2 aliphatic heterocycles.